The van der Waals surface area contributed by atoms with Crippen molar-refractivity contribution in [2.75, 3.05) is 4.90 Å². The third-order valence-corrected chi connectivity index (χ3v) is 11.8. The summed E-state index contributed by atoms with van der Waals surface area (Å²) in [5.74, 6) is 0. The second kappa shape index (κ2) is 14.4. The summed E-state index contributed by atoms with van der Waals surface area (Å²) < 4.78 is 0. The lowest BCUT2D eigenvalue weighted by atomic mass is 9.34. The van der Waals surface area contributed by atoms with Gasteiger partial charge in [-0.3, -0.25) is 0 Å². The summed E-state index contributed by atoms with van der Waals surface area (Å²) in [5.41, 5.74) is 23.4. The van der Waals surface area contributed by atoms with Crippen LogP contribution in [0.25, 0.3) is 23.3 Å². The quantitative estimate of drug-likeness (QED) is 0.112. The maximum atomic E-state index is 2.40. The zero-order valence-corrected chi connectivity index (χ0v) is 33.5. The van der Waals surface area contributed by atoms with E-state index >= 15 is 0 Å². The molecule has 0 unspecified atom stereocenters. The Balaban J connectivity index is 1.10. The monoisotopic (exact) mass is 711 g/mol. The Morgan fingerprint density at radius 2 is 0.873 bits per heavy atom. The summed E-state index contributed by atoms with van der Waals surface area (Å²) in [4.78, 5) is 2.35. The van der Waals surface area contributed by atoms with Crippen LogP contribution >= 0.6 is 0 Å². The van der Waals surface area contributed by atoms with E-state index in [4.69, 9.17) is 0 Å². The molecule has 0 amide bonds. The molecule has 0 spiro atoms. The van der Waals surface area contributed by atoms with Crippen molar-refractivity contribution in [2.45, 2.75) is 60.8 Å². The lowest BCUT2D eigenvalue weighted by molar-refractivity contribution is 0.660. The predicted octanol–water partition coefficient (Wildman–Crippen LogP) is 12.0. The first-order chi connectivity index (χ1) is 26.5. The second-order valence-electron chi connectivity index (χ2n) is 16.2. The fraction of sp³-hybridized carbons (Fsp3) is 0.170. The molecule has 0 fully saturated rings. The number of anilines is 3. The van der Waals surface area contributed by atoms with E-state index < -0.39 is 0 Å². The van der Waals surface area contributed by atoms with Crippen LogP contribution in [0.1, 0.15) is 69.5 Å². The van der Waals surface area contributed by atoms with Gasteiger partial charge in [0.15, 0.2) is 0 Å². The van der Waals surface area contributed by atoms with Gasteiger partial charge in [0, 0.05) is 22.5 Å². The van der Waals surface area contributed by atoms with Crippen molar-refractivity contribution in [3.8, 4) is 11.1 Å². The highest BCUT2D eigenvalue weighted by atomic mass is 15.1. The van der Waals surface area contributed by atoms with Crippen LogP contribution in [0.5, 0.6) is 0 Å². The van der Waals surface area contributed by atoms with E-state index in [1.807, 2.05) is 0 Å². The fourth-order valence-corrected chi connectivity index (χ4v) is 9.35. The number of fused-ring (bicyclic) bond motifs is 3. The number of rotatable bonds is 8. The first-order valence-corrected chi connectivity index (χ1v) is 19.6. The predicted molar refractivity (Wildman–Crippen MR) is 240 cm³/mol. The Hall–Kier alpha value is -5.86. The van der Waals surface area contributed by atoms with E-state index in [1.54, 1.807) is 0 Å². The lowest BCUT2D eigenvalue weighted by Gasteiger charge is -2.28. The summed E-state index contributed by atoms with van der Waals surface area (Å²) in [6.07, 6.45) is 4.53. The molecule has 55 heavy (non-hydrogen) atoms. The number of hydrogen-bond acceptors (Lipinski definition) is 1. The largest absolute Gasteiger partial charge is 0.310 e. The van der Waals surface area contributed by atoms with Gasteiger partial charge in [-0.25, -0.2) is 0 Å². The van der Waals surface area contributed by atoms with Gasteiger partial charge in [0.2, 0.25) is 6.71 Å². The van der Waals surface area contributed by atoms with E-state index in [0.29, 0.717) is 0 Å². The lowest BCUT2D eigenvalue weighted by Crippen LogP contribution is -2.55. The van der Waals surface area contributed by atoms with Crippen molar-refractivity contribution in [3.63, 3.8) is 0 Å². The molecule has 1 aliphatic carbocycles. The maximum absolute atomic E-state index is 2.40. The van der Waals surface area contributed by atoms with E-state index in [1.165, 1.54) is 88.8 Å². The molecule has 0 aromatic heterocycles. The van der Waals surface area contributed by atoms with Crippen LogP contribution in [0.2, 0.25) is 0 Å². The molecule has 0 heterocycles. The summed E-state index contributed by atoms with van der Waals surface area (Å²) in [5, 5.41) is 0. The molecule has 1 aliphatic rings. The molecule has 7 aromatic rings. The molecule has 0 atom stereocenters. The van der Waals surface area contributed by atoms with Crippen LogP contribution in [0, 0.1) is 41.5 Å². The molecule has 0 N–H and O–H groups in total. The first-order valence-electron chi connectivity index (χ1n) is 19.6. The molecule has 270 valence electrons. The molecule has 2 heteroatoms. The zero-order valence-electron chi connectivity index (χ0n) is 33.5. The van der Waals surface area contributed by atoms with Crippen molar-refractivity contribution in [1.82, 2.24) is 0 Å². The minimum atomic E-state index is -0.140. The van der Waals surface area contributed by atoms with Gasteiger partial charge in [-0.05, 0) is 111 Å². The molecular weight excluding hydrogens is 661 g/mol. The highest BCUT2D eigenvalue weighted by Gasteiger charge is 2.36. The topological polar surface area (TPSA) is 3.24 Å². The van der Waals surface area contributed by atoms with Gasteiger partial charge >= 0.3 is 0 Å². The third kappa shape index (κ3) is 6.76. The highest BCUT2D eigenvalue weighted by molar-refractivity contribution is 6.96. The van der Waals surface area contributed by atoms with Crippen LogP contribution < -0.4 is 21.3 Å². The molecule has 8 rings (SSSR count). The van der Waals surface area contributed by atoms with E-state index in [-0.39, 0.29) is 12.1 Å². The second-order valence-corrected chi connectivity index (χ2v) is 16.2. The van der Waals surface area contributed by atoms with Crippen LogP contribution in [0.3, 0.4) is 0 Å². The van der Waals surface area contributed by atoms with Gasteiger partial charge in [0.05, 0.1) is 0 Å². The van der Waals surface area contributed by atoms with E-state index in [0.717, 1.165) is 11.4 Å². The zero-order chi connectivity index (χ0) is 38.4. The van der Waals surface area contributed by atoms with Crippen LogP contribution in [0.15, 0.2) is 146 Å². The number of hydrogen-bond donors (Lipinski definition) is 0. The van der Waals surface area contributed by atoms with Gasteiger partial charge in [0.1, 0.15) is 0 Å². The van der Waals surface area contributed by atoms with Crippen LogP contribution in [-0.2, 0) is 5.41 Å². The first kappa shape index (κ1) is 36.1. The van der Waals surface area contributed by atoms with Crippen LogP contribution in [-0.4, -0.2) is 6.71 Å². The molecule has 0 saturated carbocycles. The minimum absolute atomic E-state index is 0.140. The summed E-state index contributed by atoms with van der Waals surface area (Å²) in [7, 11) is 0. The fourth-order valence-electron chi connectivity index (χ4n) is 9.35. The van der Waals surface area contributed by atoms with Gasteiger partial charge in [-0.1, -0.05) is 185 Å². The summed E-state index contributed by atoms with van der Waals surface area (Å²) in [6.45, 7) is 18.4. The molecule has 0 radical (unpaired) electrons. The third-order valence-electron chi connectivity index (χ3n) is 11.8. The van der Waals surface area contributed by atoms with Gasteiger partial charge in [-0.2, -0.15) is 0 Å². The highest BCUT2D eigenvalue weighted by Crippen LogP contribution is 2.51. The van der Waals surface area contributed by atoms with Crippen molar-refractivity contribution >= 4 is 52.3 Å². The number of aryl methyl sites for hydroxylation is 6. The van der Waals surface area contributed by atoms with Crippen LogP contribution in [0.4, 0.5) is 17.1 Å². The van der Waals surface area contributed by atoms with Gasteiger partial charge in [0.25, 0.3) is 0 Å². The molecule has 1 nitrogen and oxygen atoms in total. The Labute approximate surface area is 329 Å². The average Bonchev–Trinajstić information content (AvgIpc) is 3.39. The summed E-state index contributed by atoms with van der Waals surface area (Å²) >= 11 is 0. The number of nitrogens with zero attached hydrogens (tertiary/aromatic N) is 1. The Kier molecular flexibility index (Phi) is 9.47. The van der Waals surface area contributed by atoms with Crippen molar-refractivity contribution in [1.29, 1.82) is 0 Å². The molecular formula is C53H50BN. The van der Waals surface area contributed by atoms with Crippen molar-refractivity contribution in [3.05, 3.63) is 201 Å². The Bertz CT molecular complexity index is 2420. The Morgan fingerprint density at radius 1 is 0.436 bits per heavy atom. The van der Waals surface area contributed by atoms with Gasteiger partial charge < -0.3 is 4.90 Å². The molecule has 0 aliphatic heterocycles. The SMILES string of the molecule is Cc1cc(C)c(B(c2ccc(/C=C/c3ccc4c(c3)C(C)(C)c3cc(N(c5ccccc5)c5ccccc5)ccc3-4)cc2)c2c(C)cc(C)cc2C)c(C)c1. The Morgan fingerprint density at radius 3 is 1.38 bits per heavy atom. The minimum Gasteiger partial charge on any atom is -0.310 e. The number of benzene rings is 7. The normalized spacial score (nSPS) is 12.8. The summed E-state index contributed by atoms with van der Waals surface area (Å²) in [6, 6.07) is 53.9. The van der Waals surface area contributed by atoms with E-state index in [2.05, 4.69) is 218 Å². The average molecular weight is 712 g/mol. The van der Waals surface area contributed by atoms with Crippen molar-refractivity contribution in [2.24, 2.45) is 0 Å². The smallest absolute Gasteiger partial charge is 0.242 e. The standard InChI is InChI=1S/C53H50BN/c1-35-29-37(3)51(38(4)30-35)54(52-39(5)31-36(2)32-40(52)6)43-24-21-41(22-25-43)19-20-42-23-27-47-48-28-26-46(34-50(48)53(7,8)49(47)33-42)55(44-15-11-9-12-16-44)45-17-13-10-14-18-45/h9-34H,1-8H3/b20-19+. The van der Waals surface area contributed by atoms with Crippen molar-refractivity contribution < 1.29 is 0 Å². The van der Waals surface area contributed by atoms with E-state index in [9.17, 15) is 0 Å². The van der Waals surface area contributed by atoms with Gasteiger partial charge in [-0.15, -0.1) is 0 Å². The number of para-hydroxylation sites is 2. The molecule has 7 aromatic carbocycles. The maximum Gasteiger partial charge on any atom is 0.242 e. The molecule has 0 saturated heterocycles. The molecule has 0 bridgehead atoms.